The van der Waals surface area contributed by atoms with Gasteiger partial charge in [0.1, 0.15) is 5.82 Å². The van der Waals surface area contributed by atoms with E-state index in [0.29, 0.717) is 19.0 Å². The number of aromatic nitrogens is 1. The summed E-state index contributed by atoms with van der Waals surface area (Å²) in [6.07, 6.45) is 2.24. The van der Waals surface area contributed by atoms with Gasteiger partial charge in [-0.2, -0.15) is 0 Å². The Morgan fingerprint density at radius 2 is 2.00 bits per heavy atom. The van der Waals surface area contributed by atoms with Crippen LogP contribution >= 0.6 is 0 Å². The molecule has 1 amide bonds. The first-order chi connectivity index (χ1) is 11.8. The Morgan fingerprint density at radius 3 is 2.60 bits per heavy atom. The van der Waals surface area contributed by atoms with Gasteiger partial charge in [0.25, 0.3) is 0 Å². The fourth-order valence-electron chi connectivity index (χ4n) is 4.39. The summed E-state index contributed by atoms with van der Waals surface area (Å²) in [7, 11) is 0. The van der Waals surface area contributed by atoms with Crippen LogP contribution in [0.4, 0.5) is 5.82 Å². The third-order valence-electron chi connectivity index (χ3n) is 5.91. The van der Waals surface area contributed by atoms with E-state index < -0.39 is 6.10 Å². The number of anilines is 1. The van der Waals surface area contributed by atoms with Crippen LogP contribution in [0.5, 0.6) is 0 Å². The van der Waals surface area contributed by atoms with E-state index in [-0.39, 0.29) is 23.2 Å². The molecule has 2 aliphatic rings. The third kappa shape index (κ3) is 3.81. The van der Waals surface area contributed by atoms with Crippen molar-refractivity contribution in [2.24, 2.45) is 23.2 Å². The van der Waals surface area contributed by atoms with Gasteiger partial charge in [0.2, 0.25) is 5.91 Å². The fraction of sp³-hybridized carbons (Fsp3) is 0.700. The molecule has 3 heterocycles. The van der Waals surface area contributed by atoms with E-state index >= 15 is 0 Å². The standard InChI is InChI=1S/C20H31N3O2/c1-14-11-23(18-7-5-6-9-21-18)12-15(14)19(25)22-10-8-16(17(24)13-22)20(2,3)4/h5-7,9,14-17,24H,8,10-13H2,1-4H3/t14-,15-,16?,17?/m1/s1. The van der Waals surface area contributed by atoms with Gasteiger partial charge in [-0.15, -0.1) is 0 Å². The van der Waals surface area contributed by atoms with Crippen LogP contribution in [-0.4, -0.2) is 53.2 Å². The molecule has 1 N–H and O–H groups in total. The van der Waals surface area contributed by atoms with Gasteiger partial charge in [-0.25, -0.2) is 4.98 Å². The highest BCUT2D eigenvalue weighted by molar-refractivity contribution is 5.80. The number of carbonyl (C=O) groups is 1. The fourth-order valence-corrected chi connectivity index (χ4v) is 4.39. The lowest BCUT2D eigenvalue weighted by atomic mass is 9.73. The molecule has 0 aliphatic carbocycles. The van der Waals surface area contributed by atoms with Gasteiger partial charge in [0.15, 0.2) is 0 Å². The summed E-state index contributed by atoms with van der Waals surface area (Å²) in [5.41, 5.74) is 0.0744. The van der Waals surface area contributed by atoms with Crippen molar-refractivity contribution >= 4 is 11.7 Å². The number of carbonyl (C=O) groups excluding carboxylic acids is 1. The van der Waals surface area contributed by atoms with Crippen LogP contribution in [0.25, 0.3) is 0 Å². The van der Waals surface area contributed by atoms with Crippen molar-refractivity contribution in [2.45, 2.75) is 40.2 Å². The molecule has 5 nitrogen and oxygen atoms in total. The summed E-state index contributed by atoms with van der Waals surface area (Å²) in [5.74, 6) is 1.67. The first-order valence-electron chi connectivity index (χ1n) is 9.40. The number of hydrogen-bond acceptors (Lipinski definition) is 4. The minimum absolute atomic E-state index is 0.0135. The predicted molar refractivity (Wildman–Crippen MR) is 99.3 cm³/mol. The van der Waals surface area contributed by atoms with Crippen molar-refractivity contribution in [1.82, 2.24) is 9.88 Å². The van der Waals surface area contributed by atoms with Gasteiger partial charge in [0, 0.05) is 32.4 Å². The van der Waals surface area contributed by atoms with Gasteiger partial charge in [0.05, 0.1) is 12.0 Å². The number of likely N-dealkylation sites (tertiary alicyclic amines) is 1. The van der Waals surface area contributed by atoms with E-state index in [1.807, 2.05) is 23.1 Å². The molecular weight excluding hydrogens is 314 g/mol. The van der Waals surface area contributed by atoms with E-state index in [2.05, 4.69) is 37.6 Å². The molecule has 4 atom stereocenters. The molecule has 0 spiro atoms. The number of amides is 1. The Hall–Kier alpha value is -1.62. The van der Waals surface area contributed by atoms with E-state index in [1.165, 1.54) is 0 Å². The summed E-state index contributed by atoms with van der Waals surface area (Å²) in [6, 6.07) is 5.89. The van der Waals surface area contributed by atoms with Crippen molar-refractivity contribution in [1.29, 1.82) is 0 Å². The zero-order valence-corrected chi connectivity index (χ0v) is 15.9. The van der Waals surface area contributed by atoms with Crippen molar-refractivity contribution in [3.8, 4) is 0 Å². The highest BCUT2D eigenvalue weighted by Crippen LogP contribution is 2.36. The lowest BCUT2D eigenvalue weighted by Crippen LogP contribution is -2.52. The number of nitrogens with zero attached hydrogens (tertiary/aromatic N) is 3. The lowest BCUT2D eigenvalue weighted by molar-refractivity contribution is -0.142. The first-order valence-corrected chi connectivity index (χ1v) is 9.40. The molecule has 3 rings (SSSR count). The zero-order chi connectivity index (χ0) is 18.2. The van der Waals surface area contributed by atoms with Crippen LogP contribution in [0.15, 0.2) is 24.4 Å². The van der Waals surface area contributed by atoms with Gasteiger partial charge in [-0.1, -0.05) is 33.8 Å². The van der Waals surface area contributed by atoms with Crippen molar-refractivity contribution in [3.05, 3.63) is 24.4 Å². The first kappa shape index (κ1) is 18.2. The maximum Gasteiger partial charge on any atom is 0.227 e. The third-order valence-corrected chi connectivity index (χ3v) is 5.91. The Morgan fingerprint density at radius 1 is 1.24 bits per heavy atom. The van der Waals surface area contributed by atoms with Gasteiger partial charge in [-0.05, 0) is 35.8 Å². The average molecular weight is 345 g/mol. The SMILES string of the molecule is C[C@@H]1CN(c2ccccn2)C[C@H]1C(=O)N1CCC(C(C)(C)C)C(O)C1. The number of β-amino-alcohol motifs (C(OH)–C–C–N with tert-alkyl or cyclic N) is 1. The Bertz CT molecular complexity index is 599. The van der Waals surface area contributed by atoms with Crippen LogP contribution in [0.1, 0.15) is 34.1 Å². The number of aliphatic hydroxyl groups is 1. The van der Waals surface area contributed by atoms with Crippen LogP contribution in [-0.2, 0) is 4.79 Å². The summed E-state index contributed by atoms with van der Waals surface area (Å²) >= 11 is 0. The molecule has 5 heteroatoms. The number of piperidine rings is 1. The largest absolute Gasteiger partial charge is 0.391 e. The van der Waals surface area contributed by atoms with Crippen LogP contribution in [0.3, 0.4) is 0 Å². The molecule has 0 saturated carbocycles. The summed E-state index contributed by atoms with van der Waals surface area (Å²) < 4.78 is 0. The second-order valence-corrected chi connectivity index (χ2v) is 8.79. The van der Waals surface area contributed by atoms with Crippen molar-refractivity contribution < 1.29 is 9.90 Å². The maximum absolute atomic E-state index is 13.1. The molecule has 2 aliphatic heterocycles. The number of hydrogen-bond donors (Lipinski definition) is 1. The van der Waals surface area contributed by atoms with Crippen molar-refractivity contribution in [2.75, 3.05) is 31.1 Å². The monoisotopic (exact) mass is 345 g/mol. The maximum atomic E-state index is 13.1. The van der Waals surface area contributed by atoms with E-state index in [0.717, 1.165) is 25.3 Å². The lowest BCUT2D eigenvalue weighted by Gasteiger charge is -2.43. The van der Waals surface area contributed by atoms with Crippen LogP contribution in [0.2, 0.25) is 0 Å². The molecule has 2 saturated heterocycles. The van der Waals surface area contributed by atoms with Crippen molar-refractivity contribution in [3.63, 3.8) is 0 Å². The minimum atomic E-state index is -0.429. The van der Waals surface area contributed by atoms with E-state index in [9.17, 15) is 9.90 Å². The topological polar surface area (TPSA) is 56.7 Å². The average Bonchev–Trinajstić information content (AvgIpc) is 2.95. The number of aliphatic hydroxyl groups excluding tert-OH is 1. The molecule has 2 fully saturated rings. The second kappa shape index (κ2) is 6.94. The highest BCUT2D eigenvalue weighted by Gasteiger charge is 2.42. The second-order valence-electron chi connectivity index (χ2n) is 8.79. The predicted octanol–water partition coefficient (Wildman–Crippen LogP) is 2.41. The molecular formula is C20H31N3O2. The highest BCUT2D eigenvalue weighted by atomic mass is 16.3. The summed E-state index contributed by atoms with van der Waals surface area (Å²) in [4.78, 5) is 21.6. The van der Waals surface area contributed by atoms with Gasteiger partial charge in [-0.3, -0.25) is 4.79 Å². The molecule has 2 unspecified atom stereocenters. The smallest absolute Gasteiger partial charge is 0.227 e. The molecule has 0 radical (unpaired) electrons. The zero-order valence-electron chi connectivity index (χ0n) is 15.9. The van der Waals surface area contributed by atoms with E-state index in [4.69, 9.17) is 0 Å². The molecule has 138 valence electrons. The molecule has 25 heavy (non-hydrogen) atoms. The minimum Gasteiger partial charge on any atom is -0.391 e. The molecule has 0 aromatic carbocycles. The normalized spacial score (nSPS) is 30.6. The van der Waals surface area contributed by atoms with E-state index in [1.54, 1.807) is 6.20 Å². The quantitative estimate of drug-likeness (QED) is 0.894. The van der Waals surface area contributed by atoms with Crippen LogP contribution in [0, 0.1) is 23.2 Å². The number of pyridine rings is 1. The Balaban J connectivity index is 1.64. The summed E-state index contributed by atoms with van der Waals surface area (Å²) in [5, 5.41) is 10.5. The molecule has 1 aromatic rings. The number of rotatable bonds is 2. The molecule has 0 bridgehead atoms. The Kier molecular flexibility index (Phi) is 5.05. The molecule has 1 aromatic heterocycles. The van der Waals surface area contributed by atoms with Crippen LogP contribution < -0.4 is 4.90 Å². The van der Waals surface area contributed by atoms with Gasteiger partial charge < -0.3 is 14.9 Å². The summed E-state index contributed by atoms with van der Waals surface area (Å²) in [6.45, 7) is 11.4. The Labute approximate surface area is 151 Å². The van der Waals surface area contributed by atoms with Gasteiger partial charge >= 0.3 is 0 Å².